The SMILES string of the molecule is CCOC(=O)c1ccccc1OC1OCCC(OC(C)=O)C1OC(C)=O. The molecule has 8 nitrogen and oxygen atoms in total. The first kappa shape index (κ1) is 19.7. The Labute approximate surface area is 151 Å². The van der Waals surface area contributed by atoms with Gasteiger partial charge in [-0.1, -0.05) is 12.1 Å². The topological polar surface area (TPSA) is 97.4 Å². The van der Waals surface area contributed by atoms with Crippen molar-refractivity contribution in [2.45, 2.75) is 45.7 Å². The van der Waals surface area contributed by atoms with Crippen molar-refractivity contribution in [3.63, 3.8) is 0 Å². The van der Waals surface area contributed by atoms with Crippen molar-refractivity contribution in [2.75, 3.05) is 13.2 Å². The maximum atomic E-state index is 12.1. The molecule has 0 aliphatic carbocycles. The van der Waals surface area contributed by atoms with E-state index in [0.29, 0.717) is 6.42 Å². The fourth-order valence-corrected chi connectivity index (χ4v) is 2.57. The Kier molecular flexibility index (Phi) is 6.97. The van der Waals surface area contributed by atoms with Crippen molar-refractivity contribution in [2.24, 2.45) is 0 Å². The van der Waals surface area contributed by atoms with Crippen molar-refractivity contribution in [3.8, 4) is 5.75 Å². The monoisotopic (exact) mass is 366 g/mol. The van der Waals surface area contributed by atoms with Crippen LogP contribution in [0.4, 0.5) is 0 Å². The van der Waals surface area contributed by atoms with Gasteiger partial charge in [0.25, 0.3) is 0 Å². The molecule has 142 valence electrons. The van der Waals surface area contributed by atoms with Crippen molar-refractivity contribution in [3.05, 3.63) is 29.8 Å². The molecule has 8 heteroatoms. The molecule has 1 aromatic rings. The van der Waals surface area contributed by atoms with E-state index in [0.717, 1.165) is 0 Å². The zero-order valence-corrected chi connectivity index (χ0v) is 14.9. The second kappa shape index (κ2) is 9.19. The molecule has 0 aromatic heterocycles. The zero-order valence-electron chi connectivity index (χ0n) is 14.9. The highest BCUT2D eigenvalue weighted by atomic mass is 16.7. The fourth-order valence-electron chi connectivity index (χ4n) is 2.57. The summed E-state index contributed by atoms with van der Waals surface area (Å²) in [5.41, 5.74) is 0.217. The summed E-state index contributed by atoms with van der Waals surface area (Å²) in [7, 11) is 0. The first-order valence-electron chi connectivity index (χ1n) is 8.31. The number of carbonyl (C=O) groups excluding carboxylic acids is 3. The molecule has 0 spiro atoms. The number of esters is 3. The van der Waals surface area contributed by atoms with Gasteiger partial charge in [0.05, 0.1) is 13.2 Å². The molecule has 0 saturated carbocycles. The lowest BCUT2D eigenvalue weighted by atomic mass is 10.1. The standard InChI is InChI=1S/C18H22O8/c1-4-22-17(21)13-7-5-6-8-14(13)26-18-16(25-12(3)20)15(9-10-23-18)24-11(2)19/h5-8,15-16,18H,4,9-10H2,1-3H3. The Balaban J connectivity index is 2.24. The second-order valence-electron chi connectivity index (χ2n) is 5.58. The highest BCUT2D eigenvalue weighted by Gasteiger charge is 2.41. The highest BCUT2D eigenvalue weighted by Crippen LogP contribution is 2.27. The third-order valence-electron chi connectivity index (χ3n) is 3.56. The van der Waals surface area contributed by atoms with E-state index < -0.39 is 36.4 Å². The lowest BCUT2D eigenvalue weighted by Crippen LogP contribution is -2.51. The van der Waals surface area contributed by atoms with Crippen LogP contribution >= 0.6 is 0 Å². The van der Waals surface area contributed by atoms with Crippen LogP contribution in [0.5, 0.6) is 5.75 Å². The molecule has 1 aromatic carbocycles. The van der Waals surface area contributed by atoms with E-state index in [1.54, 1.807) is 31.2 Å². The van der Waals surface area contributed by atoms with Gasteiger partial charge < -0.3 is 23.7 Å². The summed E-state index contributed by atoms with van der Waals surface area (Å²) in [6, 6.07) is 6.49. The summed E-state index contributed by atoms with van der Waals surface area (Å²) in [5.74, 6) is -1.39. The molecule has 1 aliphatic heterocycles. The quantitative estimate of drug-likeness (QED) is 0.556. The fraction of sp³-hybridized carbons (Fsp3) is 0.500. The van der Waals surface area contributed by atoms with Crippen molar-refractivity contribution < 1.29 is 38.1 Å². The minimum Gasteiger partial charge on any atom is -0.462 e. The Morgan fingerprint density at radius 2 is 1.81 bits per heavy atom. The Morgan fingerprint density at radius 1 is 1.12 bits per heavy atom. The average molecular weight is 366 g/mol. The zero-order chi connectivity index (χ0) is 19.1. The van der Waals surface area contributed by atoms with Crippen LogP contribution in [0.15, 0.2) is 24.3 Å². The van der Waals surface area contributed by atoms with Gasteiger partial charge in [0.1, 0.15) is 17.4 Å². The Morgan fingerprint density at radius 3 is 2.46 bits per heavy atom. The molecule has 0 bridgehead atoms. The molecule has 1 heterocycles. The smallest absolute Gasteiger partial charge is 0.341 e. The number of hydrogen-bond donors (Lipinski definition) is 0. The van der Waals surface area contributed by atoms with Gasteiger partial charge >= 0.3 is 17.9 Å². The van der Waals surface area contributed by atoms with Crippen LogP contribution in [-0.4, -0.2) is 49.6 Å². The van der Waals surface area contributed by atoms with Crippen LogP contribution in [0.25, 0.3) is 0 Å². The summed E-state index contributed by atoms with van der Waals surface area (Å²) in [6.07, 6.45) is -2.34. The maximum absolute atomic E-state index is 12.1. The van der Waals surface area contributed by atoms with Gasteiger partial charge in [0.15, 0.2) is 0 Å². The molecule has 3 unspecified atom stereocenters. The summed E-state index contributed by atoms with van der Waals surface area (Å²) in [4.78, 5) is 34.9. The van der Waals surface area contributed by atoms with Crippen LogP contribution in [0.2, 0.25) is 0 Å². The van der Waals surface area contributed by atoms with E-state index in [2.05, 4.69) is 0 Å². The van der Waals surface area contributed by atoms with E-state index in [9.17, 15) is 14.4 Å². The number of hydrogen-bond acceptors (Lipinski definition) is 8. The molecule has 0 radical (unpaired) electrons. The number of ether oxygens (including phenoxy) is 5. The summed E-state index contributed by atoms with van der Waals surface area (Å²) < 4.78 is 26.8. The molecule has 1 saturated heterocycles. The van der Waals surface area contributed by atoms with Crippen LogP contribution < -0.4 is 4.74 Å². The lowest BCUT2D eigenvalue weighted by Gasteiger charge is -2.36. The molecule has 0 N–H and O–H groups in total. The molecular weight excluding hydrogens is 344 g/mol. The number of carbonyl (C=O) groups is 3. The third kappa shape index (κ3) is 5.19. The van der Waals surface area contributed by atoms with Gasteiger partial charge in [-0.05, 0) is 19.1 Å². The summed E-state index contributed by atoms with van der Waals surface area (Å²) in [6.45, 7) is 4.67. The predicted molar refractivity (Wildman–Crippen MR) is 88.5 cm³/mol. The first-order chi connectivity index (χ1) is 12.4. The van der Waals surface area contributed by atoms with Gasteiger partial charge in [0.2, 0.25) is 12.4 Å². The highest BCUT2D eigenvalue weighted by molar-refractivity contribution is 5.92. The summed E-state index contributed by atoms with van der Waals surface area (Å²) >= 11 is 0. The Hall–Kier alpha value is -2.61. The van der Waals surface area contributed by atoms with Gasteiger partial charge in [-0.3, -0.25) is 9.59 Å². The molecule has 0 amide bonds. The van der Waals surface area contributed by atoms with Crippen molar-refractivity contribution >= 4 is 17.9 Å². The van der Waals surface area contributed by atoms with E-state index in [1.165, 1.54) is 13.8 Å². The van der Waals surface area contributed by atoms with E-state index in [1.807, 2.05) is 0 Å². The van der Waals surface area contributed by atoms with Crippen LogP contribution in [0.3, 0.4) is 0 Å². The molecule has 3 atom stereocenters. The normalized spacial score (nSPS) is 22.2. The minimum atomic E-state index is -1.03. The van der Waals surface area contributed by atoms with E-state index in [4.69, 9.17) is 23.7 Å². The average Bonchev–Trinajstić information content (AvgIpc) is 2.57. The summed E-state index contributed by atoms with van der Waals surface area (Å²) in [5, 5.41) is 0. The predicted octanol–water partition coefficient (Wildman–Crippen LogP) is 1.85. The largest absolute Gasteiger partial charge is 0.462 e. The van der Waals surface area contributed by atoms with Gasteiger partial charge in [-0.2, -0.15) is 0 Å². The molecule has 26 heavy (non-hydrogen) atoms. The van der Waals surface area contributed by atoms with E-state index >= 15 is 0 Å². The second-order valence-corrected chi connectivity index (χ2v) is 5.58. The molecular formula is C18H22O8. The van der Waals surface area contributed by atoms with Crippen molar-refractivity contribution in [1.29, 1.82) is 0 Å². The number of para-hydroxylation sites is 1. The van der Waals surface area contributed by atoms with Gasteiger partial charge in [-0.15, -0.1) is 0 Å². The van der Waals surface area contributed by atoms with Gasteiger partial charge in [-0.25, -0.2) is 4.79 Å². The van der Waals surface area contributed by atoms with Crippen LogP contribution in [0.1, 0.15) is 37.6 Å². The third-order valence-corrected chi connectivity index (χ3v) is 3.56. The van der Waals surface area contributed by atoms with Crippen LogP contribution in [0, 0.1) is 0 Å². The maximum Gasteiger partial charge on any atom is 0.341 e. The van der Waals surface area contributed by atoms with Crippen molar-refractivity contribution in [1.82, 2.24) is 0 Å². The first-order valence-corrected chi connectivity index (χ1v) is 8.31. The molecule has 2 rings (SSSR count). The number of rotatable bonds is 6. The van der Waals surface area contributed by atoms with Gasteiger partial charge in [0, 0.05) is 20.3 Å². The molecule has 1 aliphatic rings. The lowest BCUT2D eigenvalue weighted by molar-refractivity contribution is -0.229. The van der Waals surface area contributed by atoms with E-state index in [-0.39, 0.29) is 24.5 Å². The number of benzene rings is 1. The minimum absolute atomic E-state index is 0.217. The Bertz CT molecular complexity index is 656. The van der Waals surface area contributed by atoms with Crippen LogP contribution in [-0.2, 0) is 28.5 Å². The molecule has 1 fully saturated rings.